The molecule has 108 valence electrons. The summed E-state index contributed by atoms with van der Waals surface area (Å²) in [5.74, 6) is 0.123. The van der Waals surface area contributed by atoms with Crippen molar-refractivity contribution in [2.75, 3.05) is 0 Å². The lowest BCUT2D eigenvalue weighted by Crippen LogP contribution is -2.39. The van der Waals surface area contributed by atoms with Crippen LogP contribution in [0.2, 0.25) is 0 Å². The first-order valence-electron chi connectivity index (χ1n) is 7.11. The standard InChI is InChI=1S/C16H21NO3/c1-10-6-7-14(8-11(10)2)17-15(18)12-4-3-5-13(9-12)16(19)20/h3-5,9-11,14H,6-8H2,1-2H3,(H,17,18)(H,19,20). The van der Waals surface area contributed by atoms with Gasteiger partial charge in [0.1, 0.15) is 0 Å². The van der Waals surface area contributed by atoms with E-state index in [4.69, 9.17) is 5.11 Å². The van der Waals surface area contributed by atoms with E-state index in [1.165, 1.54) is 12.1 Å². The normalized spacial score (nSPS) is 26.0. The quantitative estimate of drug-likeness (QED) is 0.891. The first kappa shape index (κ1) is 14.6. The summed E-state index contributed by atoms with van der Waals surface area (Å²) in [6.45, 7) is 4.47. The second-order valence-corrected chi connectivity index (χ2v) is 5.82. The molecule has 1 fully saturated rings. The summed E-state index contributed by atoms with van der Waals surface area (Å²) in [4.78, 5) is 23.1. The van der Waals surface area contributed by atoms with Gasteiger partial charge in [-0.1, -0.05) is 19.9 Å². The van der Waals surface area contributed by atoms with E-state index in [2.05, 4.69) is 19.2 Å². The molecule has 1 saturated carbocycles. The molecular weight excluding hydrogens is 254 g/mol. The number of carboxylic acid groups (broad SMARTS) is 1. The molecule has 1 aliphatic carbocycles. The molecule has 2 rings (SSSR count). The zero-order valence-corrected chi connectivity index (χ0v) is 11.9. The van der Waals surface area contributed by atoms with Crippen LogP contribution in [0.5, 0.6) is 0 Å². The highest BCUT2D eigenvalue weighted by atomic mass is 16.4. The summed E-state index contributed by atoms with van der Waals surface area (Å²) in [5, 5.41) is 12.0. The molecule has 0 heterocycles. The number of rotatable bonds is 3. The Morgan fingerprint density at radius 2 is 1.85 bits per heavy atom. The van der Waals surface area contributed by atoms with Crippen molar-refractivity contribution in [2.24, 2.45) is 11.8 Å². The van der Waals surface area contributed by atoms with Crippen molar-refractivity contribution in [2.45, 2.75) is 39.2 Å². The highest BCUT2D eigenvalue weighted by Gasteiger charge is 2.25. The molecule has 1 aromatic carbocycles. The molecule has 0 aliphatic heterocycles. The predicted octanol–water partition coefficient (Wildman–Crippen LogP) is 2.94. The van der Waals surface area contributed by atoms with Gasteiger partial charge >= 0.3 is 5.97 Å². The van der Waals surface area contributed by atoms with Gasteiger partial charge in [-0.05, 0) is 49.3 Å². The molecule has 0 bridgehead atoms. The minimum Gasteiger partial charge on any atom is -0.478 e. The van der Waals surface area contributed by atoms with Crippen LogP contribution in [0.25, 0.3) is 0 Å². The number of amides is 1. The molecule has 4 heteroatoms. The van der Waals surface area contributed by atoms with E-state index in [0.29, 0.717) is 17.4 Å². The second-order valence-electron chi connectivity index (χ2n) is 5.82. The average Bonchev–Trinajstić information content (AvgIpc) is 2.43. The van der Waals surface area contributed by atoms with Crippen LogP contribution < -0.4 is 5.32 Å². The van der Waals surface area contributed by atoms with Crippen LogP contribution in [0.1, 0.15) is 53.8 Å². The Labute approximate surface area is 119 Å². The van der Waals surface area contributed by atoms with Gasteiger partial charge in [0.2, 0.25) is 0 Å². The van der Waals surface area contributed by atoms with E-state index in [1.54, 1.807) is 12.1 Å². The molecule has 1 aliphatic rings. The summed E-state index contributed by atoms with van der Waals surface area (Å²) in [7, 11) is 0. The molecule has 0 spiro atoms. The number of carboxylic acids is 1. The molecule has 1 amide bonds. The third-order valence-electron chi connectivity index (χ3n) is 4.31. The fourth-order valence-electron chi connectivity index (χ4n) is 2.74. The van der Waals surface area contributed by atoms with Gasteiger partial charge in [-0.2, -0.15) is 0 Å². The van der Waals surface area contributed by atoms with E-state index < -0.39 is 5.97 Å². The predicted molar refractivity (Wildman–Crippen MR) is 76.8 cm³/mol. The van der Waals surface area contributed by atoms with Gasteiger partial charge in [0.25, 0.3) is 5.91 Å². The van der Waals surface area contributed by atoms with Crippen molar-refractivity contribution in [1.82, 2.24) is 5.32 Å². The molecule has 0 aromatic heterocycles. The van der Waals surface area contributed by atoms with Crippen molar-refractivity contribution in [1.29, 1.82) is 0 Å². The van der Waals surface area contributed by atoms with E-state index in [0.717, 1.165) is 19.3 Å². The lowest BCUT2D eigenvalue weighted by molar-refractivity contribution is 0.0697. The number of benzene rings is 1. The fraction of sp³-hybridized carbons (Fsp3) is 0.500. The lowest BCUT2D eigenvalue weighted by atomic mass is 9.79. The zero-order valence-electron chi connectivity index (χ0n) is 11.9. The minimum absolute atomic E-state index is 0.142. The zero-order chi connectivity index (χ0) is 14.7. The van der Waals surface area contributed by atoms with E-state index in [-0.39, 0.29) is 17.5 Å². The van der Waals surface area contributed by atoms with Crippen molar-refractivity contribution in [3.8, 4) is 0 Å². The number of hydrogen-bond acceptors (Lipinski definition) is 2. The maximum Gasteiger partial charge on any atom is 0.335 e. The maximum atomic E-state index is 12.2. The van der Waals surface area contributed by atoms with Gasteiger partial charge in [0, 0.05) is 11.6 Å². The van der Waals surface area contributed by atoms with Crippen molar-refractivity contribution >= 4 is 11.9 Å². The smallest absolute Gasteiger partial charge is 0.335 e. The summed E-state index contributed by atoms with van der Waals surface area (Å²) in [6, 6.07) is 6.36. The van der Waals surface area contributed by atoms with Crippen molar-refractivity contribution in [3.05, 3.63) is 35.4 Å². The summed E-state index contributed by atoms with van der Waals surface area (Å²) < 4.78 is 0. The van der Waals surface area contributed by atoms with E-state index in [9.17, 15) is 9.59 Å². The first-order chi connectivity index (χ1) is 9.47. The first-order valence-corrected chi connectivity index (χ1v) is 7.11. The molecule has 3 atom stereocenters. The molecule has 4 nitrogen and oxygen atoms in total. The third kappa shape index (κ3) is 3.38. The van der Waals surface area contributed by atoms with Gasteiger partial charge in [-0.15, -0.1) is 0 Å². The minimum atomic E-state index is -1.01. The number of hydrogen-bond donors (Lipinski definition) is 2. The summed E-state index contributed by atoms with van der Waals surface area (Å²) >= 11 is 0. The fourth-order valence-corrected chi connectivity index (χ4v) is 2.74. The van der Waals surface area contributed by atoms with Crippen LogP contribution in [0.3, 0.4) is 0 Å². The van der Waals surface area contributed by atoms with Gasteiger partial charge in [-0.3, -0.25) is 4.79 Å². The van der Waals surface area contributed by atoms with E-state index in [1.807, 2.05) is 0 Å². The molecule has 0 saturated heterocycles. The largest absolute Gasteiger partial charge is 0.478 e. The lowest BCUT2D eigenvalue weighted by Gasteiger charge is -2.32. The van der Waals surface area contributed by atoms with Crippen LogP contribution in [-0.2, 0) is 0 Å². The van der Waals surface area contributed by atoms with Crippen LogP contribution in [0.4, 0.5) is 0 Å². The van der Waals surface area contributed by atoms with Crippen molar-refractivity contribution in [3.63, 3.8) is 0 Å². The van der Waals surface area contributed by atoms with Crippen LogP contribution in [-0.4, -0.2) is 23.0 Å². The monoisotopic (exact) mass is 275 g/mol. The topological polar surface area (TPSA) is 66.4 Å². The highest BCUT2D eigenvalue weighted by molar-refractivity contribution is 5.97. The van der Waals surface area contributed by atoms with Crippen molar-refractivity contribution < 1.29 is 14.7 Å². The third-order valence-corrected chi connectivity index (χ3v) is 4.31. The van der Waals surface area contributed by atoms with Gasteiger partial charge in [0.05, 0.1) is 5.56 Å². The molecular formula is C16H21NO3. The second kappa shape index (κ2) is 6.07. The van der Waals surface area contributed by atoms with Gasteiger partial charge in [-0.25, -0.2) is 4.79 Å². The Morgan fingerprint density at radius 3 is 2.50 bits per heavy atom. The number of nitrogens with one attached hydrogen (secondary N) is 1. The molecule has 20 heavy (non-hydrogen) atoms. The Kier molecular flexibility index (Phi) is 4.42. The summed E-state index contributed by atoms with van der Waals surface area (Å²) in [5.41, 5.74) is 0.555. The molecule has 1 aromatic rings. The van der Waals surface area contributed by atoms with E-state index >= 15 is 0 Å². The molecule has 2 N–H and O–H groups in total. The molecule has 3 unspecified atom stereocenters. The average molecular weight is 275 g/mol. The van der Waals surface area contributed by atoms with Gasteiger partial charge < -0.3 is 10.4 Å². The SMILES string of the molecule is CC1CCC(NC(=O)c2cccc(C(=O)O)c2)CC1C. The van der Waals surface area contributed by atoms with Crippen LogP contribution >= 0.6 is 0 Å². The Balaban J connectivity index is 2.01. The maximum absolute atomic E-state index is 12.2. The number of carbonyl (C=O) groups excluding carboxylic acids is 1. The highest BCUT2D eigenvalue weighted by Crippen LogP contribution is 2.29. The Bertz CT molecular complexity index is 512. The van der Waals surface area contributed by atoms with Gasteiger partial charge in [0.15, 0.2) is 0 Å². The molecule has 0 radical (unpaired) electrons. The van der Waals surface area contributed by atoms with Crippen LogP contribution in [0, 0.1) is 11.8 Å². The van der Waals surface area contributed by atoms with Crippen LogP contribution in [0.15, 0.2) is 24.3 Å². The Hall–Kier alpha value is -1.84. The summed E-state index contributed by atoms with van der Waals surface area (Å²) in [6.07, 6.45) is 3.11. The number of aromatic carboxylic acids is 1. The number of carbonyl (C=O) groups is 2. The Morgan fingerprint density at radius 1 is 1.15 bits per heavy atom.